The van der Waals surface area contributed by atoms with E-state index in [4.69, 9.17) is 12.2 Å². The van der Waals surface area contributed by atoms with Gasteiger partial charge >= 0.3 is 0 Å². The lowest BCUT2D eigenvalue weighted by Crippen LogP contribution is -2.29. The van der Waals surface area contributed by atoms with E-state index < -0.39 is 0 Å². The zero-order valence-corrected chi connectivity index (χ0v) is 18.1. The predicted octanol–water partition coefficient (Wildman–Crippen LogP) is 4.77. The predicted molar refractivity (Wildman–Crippen MR) is 122 cm³/mol. The van der Waals surface area contributed by atoms with Crippen molar-refractivity contribution in [3.63, 3.8) is 0 Å². The second-order valence-electron chi connectivity index (χ2n) is 8.00. The van der Waals surface area contributed by atoms with Crippen LogP contribution in [0.1, 0.15) is 49.3 Å². The van der Waals surface area contributed by atoms with Gasteiger partial charge in [0.25, 0.3) is 5.56 Å². The van der Waals surface area contributed by atoms with Gasteiger partial charge in [0.05, 0.1) is 16.9 Å². The number of hydrogen-bond donors (Lipinski definition) is 1. The first kappa shape index (κ1) is 20.5. The number of hydrogen-bond acceptors (Lipinski definition) is 3. The van der Waals surface area contributed by atoms with Crippen LogP contribution in [-0.4, -0.2) is 27.4 Å². The molecule has 30 heavy (non-hydrogen) atoms. The Bertz CT molecular complexity index is 1180. The maximum atomic E-state index is 12.7. The van der Waals surface area contributed by atoms with Crippen LogP contribution in [0.25, 0.3) is 10.9 Å². The number of rotatable bonds is 7. The minimum atomic E-state index is -0.0509. The van der Waals surface area contributed by atoms with Gasteiger partial charge in [-0.3, -0.25) is 14.2 Å². The van der Waals surface area contributed by atoms with Crippen LogP contribution in [0, 0.1) is 4.77 Å². The van der Waals surface area contributed by atoms with Gasteiger partial charge in [-0.15, -0.1) is 0 Å². The maximum Gasteiger partial charge on any atom is 0.262 e. The van der Waals surface area contributed by atoms with Gasteiger partial charge < -0.3 is 9.88 Å². The third kappa shape index (κ3) is 4.10. The minimum Gasteiger partial charge on any atom is -0.339 e. The number of aromatic amines is 1. The van der Waals surface area contributed by atoms with Crippen LogP contribution in [0.5, 0.6) is 0 Å². The molecule has 3 aromatic rings. The summed E-state index contributed by atoms with van der Waals surface area (Å²) < 4.78 is 2.08. The molecule has 1 atom stereocenters. The third-order valence-electron chi connectivity index (χ3n) is 6.12. The fourth-order valence-corrected chi connectivity index (χ4v) is 4.70. The Morgan fingerprint density at radius 1 is 1.13 bits per heavy atom. The van der Waals surface area contributed by atoms with Crippen molar-refractivity contribution in [1.29, 1.82) is 0 Å². The average molecular weight is 422 g/mol. The lowest BCUT2D eigenvalue weighted by atomic mass is 10.1. The Balaban J connectivity index is 1.29. The summed E-state index contributed by atoms with van der Waals surface area (Å²) in [7, 11) is 1.92. The highest BCUT2D eigenvalue weighted by atomic mass is 32.1. The molecule has 0 saturated heterocycles. The van der Waals surface area contributed by atoms with Crippen LogP contribution in [0.2, 0.25) is 0 Å². The van der Waals surface area contributed by atoms with Crippen LogP contribution in [-0.2, 0) is 17.8 Å². The highest BCUT2D eigenvalue weighted by Gasteiger charge is 2.27. The van der Waals surface area contributed by atoms with Gasteiger partial charge in [0.1, 0.15) is 0 Å². The lowest BCUT2D eigenvalue weighted by molar-refractivity contribution is -0.132. The second kappa shape index (κ2) is 8.96. The van der Waals surface area contributed by atoms with E-state index in [0.29, 0.717) is 23.1 Å². The Hall–Kier alpha value is -2.73. The van der Waals surface area contributed by atoms with Crippen molar-refractivity contribution < 1.29 is 4.79 Å². The maximum absolute atomic E-state index is 12.7. The smallest absolute Gasteiger partial charge is 0.262 e. The number of carbonyl (C=O) groups excluding carboxylic acids is 1. The van der Waals surface area contributed by atoms with Gasteiger partial charge in [0, 0.05) is 20.0 Å². The fraction of sp³-hybridized carbons (Fsp3) is 0.375. The van der Waals surface area contributed by atoms with E-state index in [1.54, 1.807) is 4.57 Å². The molecule has 1 heterocycles. The number of fused-ring (bicyclic) bond motifs is 2. The molecule has 0 radical (unpaired) electrons. The van der Waals surface area contributed by atoms with E-state index in [2.05, 4.69) is 29.2 Å². The molecule has 1 amide bonds. The van der Waals surface area contributed by atoms with E-state index in [1.807, 2.05) is 36.2 Å². The summed E-state index contributed by atoms with van der Waals surface area (Å²) in [5.41, 5.74) is 3.37. The molecule has 5 nitrogen and oxygen atoms in total. The summed E-state index contributed by atoms with van der Waals surface area (Å²) in [5.74, 6) is 0.192. The van der Waals surface area contributed by atoms with Crippen molar-refractivity contribution in [2.75, 3.05) is 7.05 Å². The molecule has 1 N–H and O–H groups in total. The fourth-order valence-electron chi connectivity index (χ4n) is 4.41. The largest absolute Gasteiger partial charge is 0.339 e. The topological polar surface area (TPSA) is 58.1 Å². The molecule has 1 unspecified atom stereocenters. The standard InChI is InChI=1S/C24H27N3O2S/c1-26(21-15-14-17-9-4-5-10-18(17)21)22(28)13-3-2-8-16-27-23(29)19-11-6-7-12-20(19)25-24(27)30/h4-7,9-12,21H,2-3,8,13-16H2,1H3,(H,25,30). The molecule has 1 aliphatic rings. The SMILES string of the molecule is CN(C(=O)CCCCCn1c(=S)[nH]c2ccccc2c1=O)C1CCc2ccccc21. The van der Waals surface area contributed by atoms with Crippen molar-refractivity contribution in [3.8, 4) is 0 Å². The van der Waals surface area contributed by atoms with Crippen LogP contribution >= 0.6 is 12.2 Å². The van der Waals surface area contributed by atoms with Gasteiger partial charge in [-0.25, -0.2) is 0 Å². The summed E-state index contributed by atoms with van der Waals surface area (Å²) in [5, 5.41) is 0.653. The zero-order chi connectivity index (χ0) is 21.1. The number of carbonyl (C=O) groups is 1. The average Bonchev–Trinajstić information content (AvgIpc) is 3.19. The molecule has 0 bridgehead atoms. The van der Waals surface area contributed by atoms with E-state index in [0.717, 1.165) is 37.6 Å². The number of nitrogens with one attached hydrogen (secondary N) is 1. The van der Waals surface area contributed by atoms with Crippen LogP contribution in [0.3, 0.4) is 0 Å². The van der Waals surface area contributed by atoms with Crippen molar-refractivity contribution in [3.05, 3.63) is 74.8 Å². The number of amides is 1. The monoisotopic (exact) mass is 421 g/mol. The highest BCUT2D eigenvalue weighted by Crippen LogP contribution is 2.35. The first-order chi connectivity index (χ1) is 14.6. The molecule has 2 aromatic carbocycles. The van der Waals surface area contributed by atoms with Gasteiger partial charge in [0.2, 0.25) is 5.91 Å². The summed E-state index contributed by atoms with van der Waals surface area (Å²) in [4.78, 5) is 30.4. The van der Waals surface area contributed by atoms with Crippen LogP contribution < -0.4 is 5.56 Å². The molecular formula is C24H27N3O2S. The molecule has 0 spiro atoms. The quantitative estimate of drug-likeness (QED) is 0.442. The molecule has 4 rings (SSSR count). The molecular weight excluding hydrogens is 394 g/mol. The van der Waals surface area contributed by atoms with E-state index in [1.165, 1.54) is 11.1 Å². The first-order valence-corrected chi connectivity index (χ1v) is 11.0. The highest BCUT2D eigenvalue weighted by molar-refractivity contribution is 7.71. The van der Waals surface area contributed by atoms with Gasteiger partial charge in [-0.1, -0.05) is 42.8 Å². The van der Waals surface area contributed by atoms with E-state index >= 15 is 0 Å². The Morgan fingerprint density at radius 2 is 1.90 bits per heavy atom. The normalized spacial score (nSPS) is 15.3. The van der Waals surface area contributed by atoms with Crippen molar-refractivity contribution in [2.45, 2.75) is 51.1 Å². The molecule has 6 heteroatoms. The summed E-state index contributed by atoms with van der Waals surface area (Å²) in [6.45, 7) is 0.568. The van der Waals surface area contributed by atoms with E-state index in [9.17, 15) is 9.59 Å². The zero-order valence-electron chi connectivity index (χ0n) is 17.3. The molecule has 1 aromatic heterocycles. The number of para-hydroxylation sites is 1. The third-order valence-corrected chi connectivity index (χ3v) is 6.45. The number of unbranched alkanes of at least 4 members (excludes halogenated alkanes) is 2. The van der Waals surface area contributed by atoms with Gasteiger partial charge in [-0.05, 0) is 61.2 Å². The minimum absolute atomic E-state index is 0.0509. The van der Waals surface area contributed by atoms with E-state index in [-0.39, 0.29) is 17.5 Å². The molecule has 0 saturated carbocycles. The first-order valence-electron chi connectivity index (χ1n) is 10.6. The number of benzene rings is 2. The molecule has 0 fully saturated rings. The Morgan fingerprint density at radius 3 is 2.77 bits per heavy atom. The number of aromatic nitrogens is 2. The number of aryl methyl sites for hydroxylation is 1. The van der Waals surface area contributed by atoms with Crippen molar-refractivity contribution in [1.82, 2.24) is 14.5 Å². The Kier molecular flexibility index (Phi) is 6.13. The molecule has 156 valence electrons. The number of nitrogens with zero attached hydrogens (tertiary/aromatic N) is 2. The molecule has 1 aliphatic carbocycles. The van der Waals surface area contributed by atoms with Crippen LogP contribution in [0.15, 0.2) is 53.3 Å². The molecule has 0 aliphatic heterocycles. The van der Waals surface area contributed by atoms with Gasteiger partial charge in [-0.2, -0.15) is 0 Å². The van der Waals surface area contributed by atoms with Crippen molar-refractivity contribution >= 4 is 29.0 Å². The summed E-state index contributed by atoms with van der Waals surface area (Å²) >= 11 is 5.36. The Labute approximate surface area is 181 Å². The van der Waals surface area contributed by atoms with Crippen molar-refractivity contribution in [2.24, 2.45) is 0 Å². The summed E-state index contributed by atoms with van der Waals surface area (Å²) in [6, 6.07) is 16.0. The lowest BCUT2D eigenvalue weighted by Gasteiger charge is -2.25. The van der Waals surface area contributed by atoms with Gasteiger partial charge in [0.15, 0.2) is 4.77 Å². The van der Waals surface area contributed by atoms with Crippen LogP contribution in [0.4, 0.5) is 0 Å². The second-order valence-corrected chi connectivity index (χ2v) is 8.39. The number of H-pyrrole nitrogens is 1. The summed E-state index contributed by atoms with van der Waals surface area (Å²) in [6.07, 6.45) is 5.10.